The van der Waals surface area contributed by atoms with Crippen LogP contribution in [0.3, 0.4) is 0 Å². The molecule has 11 heteroatoms. The van der Waals surface area contributed by atoms with Gasteiger partial charge in [-0.2, -0.15) is 13.5 Å². The molecule has 0 bridgehead atoms. The number of aromatic carboxylic acids is 1. The van der Waals surface area contributed by atoms with E-state index >= 15 is 0 Å². The third kappa shape index (κ3) is 5.40. The Labute approximate surface area is 208 Å². The minimum atomic E-state index is -4.49. The Balaban J connectivity index is 0. The number of azo groups is 1. The third-order valence-electron chi connectivity index (χ3n) is 3.69. The van der Waals surface area contributed by atoms with Gasteiger partial charge in [0.15, 0.2) is 0 Å². The average molecular weight is 419 g/mol. The van der Waals surface area contributed by atoms with E-state index in [1.54, 1.807) is 18.2 Å². The van der Waals surface area contributed by atoms with Gasteiger partial charge in [0.05, 0.1) is 16.9 Å². The predicted octanol–water partition coefficient (Wildman–Crippen LogP) is -1.98. The zero-order chi connectivity index (χ0) is 18.9. The SMILES string of the molecule is Nc1c(N=Nc2ccc(C(=O)O)cc2)cc(S(=O)(=O)O)c2ccccc12.[H-].[H-].[Na+].[Na+]. The summed E-state index contributed by atoms with van der Waals surface area (Å²) in [7, 11) is -4.49. The topological polar surface area (TPSA) is 142 Å². The number of nitrogen functional groups attached to an aromatic ring is 1. The van der Waals surface area contributed by atoms with Gasteiger partial charge in [0.25, 0.3) is 10.1 Å². The van der Waals surface area contributed by atoms with Gasteiger partial charge in [-0.3, -0.25) is 4.55 Å². The van der Waals surface area contributed by atoms with Crippen LogP contribution in [0.15, 0.2) is 69.7 Å². The molecule has 0 fully saturated rings. The molecule has 0 aliphatic carbocycles. The maximum Gasteiger partial charge on any atom is 1.00 e. The van der Waals surface area contributed by atoms with E-state index in [0.717, 1.165) is 6.07 Å². The van der Waals surface area contributed by atoms with E-state index in [-0.39, 0.29) is 89.2 Å². The van der Waals surface area contributed by atoms with Crippen molar-refractivity contribution in [1.82, 2.24) is 0 Å². The van der Waals surface area contributed by atoms with Crippen LogP contribution >= 0.6 is 0 Å². The summed E-state index contributed by atoms with van der Waals surface area (Å²) in [6.07, 6.45) is 0. The molecule has 28 heavy (non-hydrogen) atoms. The molecule has 0 aliphatic heterocycles. The maximum atomic E-state index is 11.7. The third-order valence-corrected chi connectivity index (χ3v) is 4.59. The number of nitrogens with two attached hydrogens (primary N) is 1. The molecule has 3 rings (SSSR count). The van der Waals surface area contributed by atoms with Crippen LogP contribution < -0.4 is 64.8 Å². The molecular formula is C17H15N3Na2O5S. The van der Waals surface area contributed by atoms with E-state index in [9.17, 15) is 17.8 Å². The molecule has 0 spiro atoms. The van der Waals surface area contributed by atoms with Gasteiger partial charge in [0.2, 0.25) is 0 Å². The van der Waals surface area contributed by atoms with Gasteiger partial charge in [0.1, 0.15) is 10.6 Å². The minimum absolute atomic E-state index is 0. The summed E-state index contributed by atoms with van der Waals surface area (Å²) in [5.74, 6) is -1.06. The van der Waals surface area contributed by atoms with Gasteiger partial charge in [-0.25, -0.2) is 4.79 Å². The minimum Gasteiger partial charge on any atom is -1.00 e. The Kier molecular flexibility index (Phi) is 8.79. The number of benzene rings is 3. The summed E-state index contributed by atoms with van der Waals surface area (Å²) >= 11 is 0. The molecule has 0 saturated heterocycles. The van der Waals surface area contributed by atoms with Crippen LogP contribution in [0.4, 0.5) is 17.1 Å². The van der Waals surface area contributed by atoms with E-state index in [1.165, 1.54) is 30.3 Å². The second kappa shape index (κ2) is 9.95. The Morgan fingerprint density at radius 2 is 1.54 bits per heavy atom. The summed E-state index contributed by atoms with van der Waals surface area (Å²) < 4.78 is 32.8. The molecule has 0 saturated carbocycles. The number of carbonyl (C=O) groups is 1. The van der Waals surface area contributed by atoms with E-state index in [4.69, 9.17) is 10.8 Å². The summed E-state index contributed by atoms with van der Waals surface area (Å²) in [6, 6.07) is 13.2. The molecule has 3 aromatic rings. The van der Waals surface area contributed by atoms with Crippen LogP contribution in [0, 0.1) is 0 Å². The predicted molar refractivity (Wildman–Crippen MR) is 98.0 cm³/mol. The number of nitrogens with zero attached hydrogens (tertiary/aromatic N) is 2. The number of rotatable bonds is 4. The van der Waals surface area contributed by atoms with Gasteiger partial charge in [-0.15, -0.1) is 5.11 Å². The van der Waals surface area contributed by atoms with Crippen molar-refractivity contribution in [1.29, 1.82) is 0 Å². The average Bonchev–Trinajstić information content (AvgIpc) is 2.60. The molecule has 0 amide bonds. The zero-order valence-corrected chi connectivity index (χ0v) is 20.0. The van der Waals surface area contributed by atoms with Crippen molar-refractivity contribution in [2.75, 3.05) is 5.73 Å². The van der Waals surface area contributed by atoms with Crippen LogP contribution in [0.25, 0.3) is 10.8 Å². The summed E-state index contributed by atoms with van der Waals surface area (Å²) in [4.78, 5) is 10.5. The van der Waals surface area contributed by atoms with Crippen molar-refractivity contribution in [3.63, 3.8) is 0 Å². The van der Waals surface area contributed by atoms with Crippen LogP contribution in [-0.4, -0.2) is 24.0 Å². The molecule has 4 N–H and O–H groups in total. The van der Waals surface area contributed by atoms with Crippen LogP contribution in [0.5, 0.6) is 0 Å². The second-order valence-electron chi connectivity index (χ2n) is 5.38. The summed E-state index contributed by atoms with van der Waals surface area (Å²) in [5, 5.41) is 17.5. The van der Waals surface area contributed by atoms with Crippen molar-refractivity contribution in [2.24, 2.45) is 10.2 Å². The van der Waals surface area contributed by atoms with Crippen molar-refractivity contribution in [3.05, 3.63) is 60.2 Å². The van der Waals surface area contributed by atoms with Gasteiger partial charge in [0, 0.05) is 10.8 Å². The van der Waals surface area contributed by atoms with E-state index in [2.05, 4.69) is 10.2 Å². The summed E-state index contributed by atoms with van der Waals surface area (Å²) in [6.45, 7) is 0. The molecule has 8 nitrogen and oxygen atoms in total. The van der Waals surface area contributed by atoms with Crippen LogP contribution in [0.2, 0.25) is 0 Å². The molecule has 136 valence electrons. The first-order valence-electron chi connectivity index (χ1n) is 7.31. The molecule has 0 atom stereocenters. The monoisotopic (exact) mass is 419 g/mol. The fourth-order valence-electron chi connectivity index (χ4n) is 2.43. The largest absolute Gasteiger partial charge is 1.00 e. The fourth-order valence-corrected chi connectivity index (χ4v) is 3.15. The normalized spacial score (nSPS) is 11.0. The molecule has 0 radical (unpaired) electrons. The Morgan fingerprint density at radius 1 is 0.964 bits per heavy atom. The molecule has 0 aliphatic rings. The zero-order valence-electron chi connectivity index (χ0n) is 17.2. The van der Waals surface area contributed by atoms with Gasteiger partial charge >= 0.3 is 65.1 Å². The van der Waals surface area contributed by atoms with Crippen molar-refractivity contribution in [3.8, 4) is 0 Å². The first-order chi connectivity index (χ1) is 12.3. The Hall–Kier alpha value is -1.30. The van der Waals surface area contributed by atoms with Gasteiger partial charge in [-0.05, 0) is 30.3 Å². The number of carboxylic acid groups (broad SMARTS) is 1. The molecule has 3 aromatic carbocycles. The van der Waals surface area contributed by atoms with Crippen molar-refractivity contribution in [2.45, 2.75) is 4.90 Å². The quantitative estimate of drug-likeness (QED) is 0.194. The number of carboxylic acids is 1. The van der Waals surface area contributed by atoms with Crippen molar-refractivity contribution < 1.29 is 84.8 Å². The maximum absolute atomic E-state index is 11.7. The van der Waals surface area contributed by atoms with E-state index in [0.29, 0.717) is 11.1 Å². The standard InChI is InChI=1S/C17H13N3O5S.2Na.2H/c18-16-13-4-2-1-3-12(13)15(26(23,24)25)9-14(16)20-19-11-7-5-10(6-8-11)17(21)22;;;;/h1-9H,18H2,(H,21,22)(H,23,24,25);;;;/q;2*+1;2*-1. The van der Waals surface area contributed by atoms with Crippen molar-refractivity contribution >= 4 is 43.9 Å². The first-order valence-corrected chi connectivity index (χ1v) is 8.75. The Bertz CT molecular complexity index is 1160. The first kappa shape index (κ1) is 24.7. The molecule has 0 heterocycles. The van der Waals surface area contributed by atoms with Gasteiger partial charge in [-0.1, -0.05) is 24.3 Å². The second-order valence-corrected chi connectivity index (χ2v) is 6.77. The fraction of sp³-hybridized carbons (Fsp3) is 0. The number of anilines is 1. The van der Waals surface area contributed by atoms with E-state index < -0.39 is 16.1 Å². The Morgan fingerprint density at radius 3 is 2.07 bits per heavy atom. The molecule has 0 aromatic heterocycles. The number of hydrogen-bond donors (Lipinski definition) is 3. The molecule has 0 unspecified atom stereocenters. The smallest absolute Gasteiger partial charge is 1.00 e. The van der Waals surface area contributed by atoms with E-state index in [1.807, 2.05) is 0 Å². The van der Waals surface area contributed by atoms with Crippen LogP contribution in [-0.2, 0) is 10.1 Å². The van der Waals surface area contributed by atoms with Crippen LogP contribution in [0.1, 0.15) is 13.2 Å². The summed E-state index contributed by atoms with van der Waals surface area (Å²) in [5.41, 5.74) is 6.78. The number of fused-ring (bicyclic) bond motifs is 1. The molecular weight excluding hydrogens is 404 g/mol. The number of hydrogen-bond acceptors (Lipinski definition) is 6. The van der Waals surface area contributed by atoms with Gasteiger partial charge < -0.3 is 13.7 Å².